The lowest BCUT2D eigenvalue weighted by molar-refractivity contribution is -0.113. The first-order valence-corrected chi connectivity index (χ1v) is 9.89. The van der Waals surface area contributed by atoms with Crippen LogP contribution in [0.25, 0.3) is 0 Å². The minimum atomic E-state index is -0.0671. The molecule has 0 spiro atoms. The Balaban J connectivity index is 1.51. The van der Waals surface area contributed by atoms with Gasteiger partial charge in [-0.15, -0.1) is 11.8 Å². The van der Waals surface area contributed by atoms with Crippen molar-refractivity contribution in [1.29, 1.82) is 0 Å². The number of carbonyl (C=O) groups excluding carboxylic acids is 2. The lowest BCUT2D eigenvalue weighted by Gasteiger charge is -2.08. The number of aryl methyl sites for hydroxylation is 1. The predicted molar refractivity (Wildman–Crippen MR) is 105 cm³/mol. The molecule has 2 N–H and O–H groups in total. The number of hydrogen-bond donors (Lipinski definition) is 2. The van der Waals surface area contributed by atoms with Gasteiger partial charge in [0.1, 0.15) is 0 Å². The molecule has 130 valence electrons. The zero-order valence-corrected chi connectivity index (χ0v) is 16.2. The summed E-state index contributed by atoms with van der Waals surface area (Å²) in [5.41, 5.74) is 2.45. The summed E-state index contributed by atoms with van der Waals surface area (Å²) in [4.78, 5) is 25.1. The van der Waals surface area contributed by atoms with Crippen LogP contribution >= 0.6 is 27.7 Å². The molecular formula is C19H19BrN2O2S. The zero-order chi connectivity index (χ0) is 17.8. The van der Waals surface area contributed by atoms with Gasteiger partial charge in [0.2, 0.25) is 5.91 Å². The fourth-order valence-electron chi connectivity index (χ4n) is 2.32. The van der Waals surface area contributed by atoms with E-state index in [0.717, 1.165) is 27.8 Å². The molecule has 3 rings (SSSR count). The second-order valence-electron chi connectivity index (χ2n) is 6.07. The maximum atomic E-state index is 12.1. The van der Waals surface area contributed by atoms with Gasteiger partial charge in [-0.3, -0.25) is 9.59 Å². The average molecular weight is 419 g/mol. The van der Waals surface area contributed by atoms with Crippen molar-refractivity contribution in [3.8, 4) is 0 Å². The molecule has 0 radical (unpaired) electrons. The van der Waals surface area contributed by atoms with E-state index in [2.05, 4.69) is 26.6 Å². The Morgan fingerprint density at radius 3 is 2.52 bits per heavy atom. The molecule has 25 heavy (non-hydrogen) atoms. The van der Waals surface area contributed by atoms with Crippen molar-refractivity contribution < 1.29 is 9.59 Å². The lowest BCUT2D eigenvalue weighted by atomic mass is 10.2. The van der Waals surface area contributed by atoms with Crippen LogP contribution in [0.3, 0.4) is 0 Å². The highest BCUT2D eigenvalue weighted by atomic mass is 79.9. The van der Waals surface area contributed by atoms with Crippen LogP contribution in [0.1, 0.15) is 28.8 Å². The molecule has 0 bridgehead atoms. The van der Waals surface area contributed by atoms with Gasteiger partial charge in [-0.05, 0) is 67.8 Å². The first kappa shape index (κ1) is 18.0. The first-order chi connectivity index (χ1) is 12.0. The number of hydrogen-bond acceptors (Lipinski definition) is 3. The third kappa shape index (κ3) is 5.34. The summed E-state index contributed by atoms with van der Waals surface area (Å²) in [5, 5.41) is 5.81. The summed E-state index contributed by atoms with van der Waals surface area (Å²) in [6.45, 7) is 2.02. The molecule has 1 aliphatic carbocycles. The number of thioether (sulfide) groups is 1. The van der Waals surface area contributed by atoms with Crippen LogP contribution in [0.15, 0.2) is 51.8 Å². The molecule has 0 unspecified atom stereocenters. The average Bonchev–Trinajstić information content (AvgIpc) is 3.38. The number of anilines is 1. The molecule has 1 saturated carbocycles. The Labute approximate surface area is 159 Å². The van der Waals surface area contributed by atoms with Gasteiger partial charge in [-0.1, -0.05) is 15.9 Å². The van der Waals surface area contributed by atoms with Crippen LogP contribution in [-0.2, 0) is 4.79 Å². The molecule has 2 aromatic rings. The van der Waals surface area contributed by atoms with Gasteiger partial charge >= 0.3 is 0 Å². The maximum absolute atomic E-state index is 12.1. The quantitative estimate of drug-likeness (QED) is 0.684. The monoisotopic (exact) mass is 418 g/mol. The minimum absolute atomic E-state index is 0.0540. The normalized spacial score (nSPS) is 13.4. The van der Waals surface area contributed by atoms with Crippen molar-refractivity contribution in [2.45, 2.75) is 30.7 Å². The van der Waals surface area contributed by atoms with Crippen molar-refractivity contribution in [2.24, 2.45) is 0 Å². The van der Waals surface area contributed by atoms with E-state index in [9.17, 15) is 9.59 Å². The van der Waals surface area contributed by atoms with Crippen molar-refractivity contribution in [3.05, 3.63) is 58.1 Å². The van der Waals surface area contributed by atoms with E-state index in [1.807, 2.05) is 25.1 Å². The maximum Gasteiger partial charge on any atom is 0.251 e. The van der Waals surface area contributed by atoms with E-state index >= 15 is 0 Å². The second-order valence-corrected chi connectivity index (χ2v) is 8.00. The molecule has 4 nitrogen and oxygen atoms in total. The Hall–Kier alpha value is -1.79. The Morgan fingerprint density at radius 2 is 1.88 bits per heavy atom. The Bertz CT molecular complexity index is 789. The van der Waals surface area contributed by atoms with E-state index in [4.69, 9.17) is 0 Å². The number of halogens is 1. The predicted octanol–water partition coefficient (Wildman–Crippen LogP) is 4.38. The summed E-state index contributed by atoms with van der Waals surface area (Å²) in [6.07, 6.45) is 2.13. The van der Waals surface area contributed by atoms with Crippen molar-refractivity contribution >= 4 is 45.2 Å². The highest BCUT2D eigenvalue weighted by Crippen LogP contribution is 2.25. The van der Waals surface area contributed by atoms with Crippen LogP contribution in [-0.4, -0.2) is 23.6 Å². The second kappa shape index (κ2) is 8.06. The molecule has 0 atom stereocenters. The Morgan fingerprint density at radius 1 is 1.16 bits per heavy atom. The molecule has 6 heteroatoms. The number of amides is 2. The molecule has 0 aromatic heterocycles. The van der Waals surface area contributed by atoms with Crippen LogP contribution in [0, 0.1) is 6.92 Å². The standard InChI is InChI=1S/C19H19BrN2O2S/c1-12-10-14(20)4-9-17(12)25-11-18(23)21-15-5-2-13(3-6-15)19(24)22-16-7-8-16/h2-6,9-10,16H,7-8,11H2,1H3,(H,21,23)(H,22,24). The largest absolute Gasteiger partial charge is 0.349 e. The molecule has 2 amide bonds. The summed E-state index contributed by atoms with van der Waals surface area (Å²) in [7, 11) is 0. The topological polar surface area (TPSA) is 58.2 Å². The van der Waals surface area contributed by atoms with Crippen molar-refractivity contribution in [2.75, 3.05) is 11.1 Å². The molecule has 1 fully saturated rings. The van der Waals surface area contributed by atoms with E-state index in [1.54, 1.807) is 24.3 Å². The number of carbonyl (C=O) groups is 2. The summed E-state index contributed by atoms with van der Waals surface area (Å²) in [5.74, 6) is 0.219. The fraction of sp³-hybridized carbons (Fsp3) is 0.263. The van der Waals surface area contributed by atoms with E-state index in [-0.39, 0.29) is 11.8 Å². The van der Waals surface area contributed by atoms with Gasteiger partial charge < -0.3 is 10.6 Å². The third-order valence-corrected chi connectivity index (χ3v) is 5.51. The number of nitrogens with one attached hydrogen (secondary N) is 2. The van der Waals surface area contributed by atoms with E-state index < -0.39 is 0 Å². The first-order valence-electron chi connectivity index (χ1n) is 8.11. The van der Waals surface area contributed by atoms with Crippen LogP contribution in [0.5, 0.6) is 0 Å². The van der Waals surface area contributed by atoms with E-state index in [0.29, 0.717) is 23.0 Å². The number of rotatable bonds is 6. The summed E-state index contributed by atoms with van der Waals surface area (Å²) < 4.78 is 1.03. The lowest BCUT2D eigenvalue weighted by Crippen LogP contribution is -2.25. The van der Waals surface area contributed by atoms with Crippen molar-refractivity contribution in [1.82, 2.24) is 5.32 Å². The SMILES string of the molecule is Cc1cc(Br)ccc1SCC(=O)Nc1ccc(C(=O)NC2CC2)cc1. The number of benzene rings is 2. The molecule has 2 aromatic carbocycles. The molecule has 1 aliphatic rings. The van der Waals surface area contributed by atoms with Gasteiger partial charge in [0, 0.05) is 26.7 Å². The van der Waals surface area contributed by atoms with E-state index in [1.165, 1.54) is 11.8 Å². The van der Waals surface area contributed by atoms with Gasteiger partial charge in [-0.2, -0.15) is 0 Å². The molecule has 0 aliphatic heterocycles. The van der Waals surface area contributed by atoms with Gasteiger partial charge in [0.05, 0.1) is 5.75 Å². The molecule has 0 saturated heterocycles. The van der Waals surface area contributed by atoms with Gasteiger partial charge in [0.15, 0.2) is 0 Å². The van der Waals surface area contributed by atoms with Gasteiger partial charge in [-0.25, -0.2) is 0 Å². The minimum Gasteiger partial charge on any atom is -0.349 e. The van der Waals surface area contributed by atoms with Gasteiger partial charge in [0.25, 0.3) is 5.91 Å². The Kier molecular flexibility index (Phi) is 5.81. The summed E-state index contributed by atoms with van der Waals surface area (Å²) in [6, 6.07) is 13.3. The van der Waals surface area contributed by atoms with Crippen LogP contribution in [0.4, 0.5) is 5.69 Å². The highest BCUT2D eigenvalue weighted by Gasteiger charge is 2.23. The van der Waals surface area contributed by atoms with Crippen LogP contribution < -0.4 is 10.6 Å². The fourth-order valence-corrected chi connectivity index (χ4v) is 3.60. The molecular weight excluding hydrogens is 400 g/mol. The highest BCUT2D eigenvalue weighted by molar-refractivity contribution is 9.10. The zero-order valence-electron chi connectivity index (χ0n) is 13.8. The van der Waals surface area contributed by atoms with Crippen molar-refractivity contribution in [3.63, 3.8) is 0 Å². The summed E-state index contributed by atoms with van der Waals surface area (Å²) >= 11 is 4.94. The third-order valence-electron chi connectivity index (χ3n) is 3.84. The molecule has 0 heterocycles. The van der Waals surface area contributed by atoms with Crippen LogP contribution in [0.2, 0.25) is 0 Å². The smallest absolute Gasteiger partial charge is 0.251 e.